The number of hydrogen-bond donors (Lipinski definition) is 0. The number of carbonyl (C=O) groups is 1. The van der Waals surface area contributed by atoms with E-state index in [4.69, 9.17) is 0 Å². The van der Waals surface area contributed by atoms with Crippen molar-refractivity contribution in [3.8, 4) is 0 Å². The Bertz CT molecular complexity index is 185. The Morgan fingerprint density at radius 3 is 2.54 bits per heavy atom. The number of Topliss-reactive ketones (excluding diaryl/α,β-unsaturated/α-hetero) is 1. The highest BCUT2D eigenvalue weighted by molar-refractivity contribution is 5.79. The Morgan fingerprint density at radius 1 is 1.08 bits per heavy atom. The Balaban J connectivity index is 1.87. The molecule has 2 aliphatic rings. The maximum Gasteiger partial charge on any atom is 0.134 e. The third-order valence-corrected chi connectivity index (χ3v) is 3.36. The van der Waals surface area contributed by atoms with Crippen LogP contribution in [0.5, 0.6) is 0 Å². The molecule has 0 radical (unpaired) electrons. The molecule has 2 heteroatoms. The second-order valence-corrected chi connectivity index (χ2v) is 4.39. The molecule has 1 saturated heterocycles. The van der Waals surface area contributed by atoms with Gasteiger partial charge in [-0.25, -0.2) is 0 Å². The fourth-order valence-electron chi connectivity index (χ4n) is 2.60. The van der Waals surface area contributed by atoms with Gasteiger partial charge in [0.2, 0.25) is 0 Å². The summed E-state index contributed by atoms with van der Waals surface area (Å²) in [6, 6.07) is 0.599. The molecule has 2 fully saturated rings. The second kappa shape index (κ2) is 4.23. The SMILES string of the molecule is O=C1CCCC(N2CCCCC2)C1. The molecular formula is C11H19NO. The first-order valence-corrected chi connectivity index (χ1v) is 5.62. The van der Waals surface area contributed by atoms with Gasteiger partial charge < -0.3 is 0 Å². The molecule has 1 atom stereocenters. The lowest BCUT2D eigenvalue weighted by Gasteiger charge is -2.36. The monoisotopic (exact) mass is 181 g/mol. The summed E-state index contributed by atoms with van der Waals surface area (Å²) >= 11 is 0. The molecule has 0 aromatic rings. The normalized spacial score (nSPS) is 32.0. The quantitative estimate of drug-likeness (QED) is 0.616. The Labute approximate surface area is 80.3 Å². The highest BCUT2D eigenvalue weighted by Gasteiger charge is 2.25. The van der Waals surface area contributed by atoms with Crippen LogP contribution in [0.25, 0.3) is 0 Å². The van der Waals surface area contributed by atoms with Crippen molar-refractivity contribution in [3.05, 3.63) is 0 Å². The van der Waals surface area contributed by atoms with Crippen molar-refractivity contribution < 1.29 is 4.79 Å². The lowest BCUT2D eigenvalue weighted by Crippen LogP contribution is -2.42. The van der Waals surface area contributed by atoms with Crippen LogP contribution in [0.15, 0.2) is 0 Å². The molecular weight excluding hydrogens is 162 g/mol. The van der Waals surface area contributed by atoms with Crippen LogP contribution in [-0.2, 0) is 4.79 Å². The molecule has 2 nitrogen and oxygen atoms in total. The minimum atomic E-state index is 0.488. The summed E-state index contributed by atoms with van der Waals surface area (Å²) in [5, 5.41) is 0. The summed E-state index contributed by atoms with van der Waals surface area (Å²) in [6.07, 6.45) is 8.11. The maximum absolute atomic E-state index is 11.3. The molecule has 0 N–H and O–H groups in total. The lowest BCUT2D eigenvalue weighted by atomic mass is 9.92. The molecule has 13 heavy (non-hydrogen) atoms. The molecule has 1 aliphatic carbocycles. The fourth-order valence-corrected chi connectivity index (χ4v) is 2.60. The number of hydrogen-bond acceptors (Lipinski definition) is 2. The first-order valence-electron chi connectivity index (χ1n) is 5.62. The molecule has 0 amide bonds. The molecule has 2 rings (SSSR count). The van der Waals surface area contributed by atoms with Crippen LogP contribution in [0.2, 0.25) is 0 Å². The summed E-state index contributed by atoms with van der Waals surface area (Å²) in [6.45, 7) is 2.47. The zero-order valence-corrected chi connectivity index (χ0v) is 8.30. The predicted molar refractivity (Wildman–Crippen MR) is 52.7 cm³/mol. The lowest BCUT2D eigenvalue weighted by molar-refractivity contribution is -0.122. The summed E-state index contributed by atoms with van der Waals surface area (Å²) in [4.78, 5) is 13.8. The molecule has 74 valence electrons. The van der Waals surface area contributed by atoms with E-state index in [0.717, 1.165) is 19.3 Å². The minimum Gasteiger partial charge on any atom is -0.300 e. The van der Waals surface area contributed by atoms with Gasteiger partial charge in [0.05, 0.1) is 0 Å². The van der Waals surface area contributed by atoms with Crippen LogP contribution >= 0.6 is 0 Å². The smallest absolute Gasteiger partial charge is 0.134 e. The van der Waals surface area contributed by atoms with Crippen molar-refractivity contribution in [2.75, 3.05) is 13.1 Å². The van der Waals surface area contributed by atoms with Gasteiger partial charge in [-0.3, -0.25) is 9.69 Å². The van der Waals surface area contributed by atoms with Crippen LogP contribution in [0.4, 0.5) is 0 Å². The fraction of sp³-hybridized carbons (Fsp3) is 0.909. The molecule has 0 bridgehead atoms. The average molecular weight is 181 g/mol. The number of piperidine rings is 1. The first kappa shape index (κ1) is 9.20. The van der Waals surface area contributed by atoms with Crippen molar-refractivity contribution in [1.82, 2.24) is 4.90 Å². The van der Waals surface area contributed by atoms with E-state index < -0.39 is 0 Å². The number of likely N-dealkylation sites (tertiary alicyclic amines) is 1. The topological polar surface area (TPSA) is 20.3 Å². The van der Waals surface area contributed by atoms with Crippen LogP contribution < -0.4 is 0 Å². The van der Waals surface area contributed by atoms with Gasteiger partial charge >= 0.3 is 0 Å². The van der Waals surface area contributed by atoms with E-state index in [2.05, 4.69) is 4.90 Å². The molecule has 0 spiro atoms. The van der Waals surface area contributed by atoms with Gasteiger partial charge in [-0.05, 0) is 38.8 Å². The largest absolute Gasteiger partial charge is 0.300 e. The van der Waals surface area contributed by atoms with E-state index in [0.29, 0.717) is 11.8 Å². The van der Waals surface area contributed by atoms with Gasteiger partial charge in [-0.1, -0.05) is 6.42 Å². The summed E-state index contributed by atoms with van der Waals surface area (Å²) < 4.78 is 0. The van der Waals surface area contributed by atoms with Crippen molar-refractivity contribution in [3.63, 3.8) is 0 Å². The van der Waals surface area contributed by atoms with Gasteiger partial charge in [0.15, 0.2) is 0 Å². The highest BCUT2D eigenvalue weighted by atomic mass is 16.1. The van der Waals surface area contributed by atoms with Crippen molar-refractivity contribution in [1.29, 1.82) is 0 Å². The van der Waals surface area contributed by atoms with Gasteiger partial charge in [0.25, 0.3) is 0 Å². The molecule has 1 heterocycles. The summed E-state index contributed by atoms with van der Waals surface area (Å²) in [5.74, 6) is 0.488. The minimum absolute atomic E-state index is 0.488. The Morgan fingerprint density at radius 2 is 1.85 bits per heavy atom. The highest BCUT2D eigenvalue weighted by Crippen LogP contribution is 2.23. The van der Waals surface area contributed by atoms with E-state index in [1.807, 2.05) is 0 Å². The van der Waals surface area contributed by atoms with E-state index in [1.165, 1.54) is 38.8 Å². The van der Waals surface area contributed by atoms with Crippen LogP contribution in [0.3, 0.4) is 0 Å². The maximum atomic E-state index is 11.3. The van der Waals surface area contributed by atoms with Crippen LogP contribution in [-0.4, -0.2) is 29.8 Å². The van der Waals surface area contributed by atoms with Gasteiger partial charge in [-0.2, -0.15) is 0 Å². The third-order valence-electron chi connectivity index (χ3n) is 3.36. The molecule has 0 aromatic heterocycles. The average Bonchev–Trinajstić information content (AvgIpc) is 2.19. The van der Waals surface area contributed by atoms with E-state index in [9.17, 15) is 4.79 Å². The number of nitrogens with zero attached hydrogens (tertiary/aromatic N) is 1. The van der Waals surface area contributed by atoms with Gasteiger partial charge in [-0.15, -0.1) is 0 Å². The van der Waals surface area contributed by atoms with E-state index in [1.54, 1.807) is 0 Å². The second-order valence-electron chi connectivity index (χ2n) is 4.39. The first-order chi connectivity index (χ1) is 6.36. The van der Waals surface area contributed by atoms with Crippen LogP contribution in [0, 0.1) is 0 Å². The molecule has 0 aromatic carbocycles. The zero-order chi connectivity index (χ0) is 9.10. The number of rotatable bonds is 1. The standard InChI is InChI=1S/C11H19NO/c13-11-6-4-5-10(9-11)12-7-2-1-3-8-12/h10H,1-9H2. The van der Waals surface area contributed by atoms with Gasteiger partial charge in [0, 0.05) is 18.9 Å². The molecule has 1 unspecified atom stereocenters. The predicted octanol–water partition coefficient (Wildman–Crippen LogP) is 1.98. The molecule has 1 saturated carbocycles. The molecule has 1 aliphatic heterocycles. The van der Waals surface area contributed by atoms with Gasteiger partial charge in [0.1, 0.15) is 5.78 Å². The van der Waals surface area contributed by atoms with E-state index in [-0.39, 0.29) is 0 Å². The Hall–Kier alpha value is -0.370. The summed E-state index contributed by atoms with van der Waals surface area (Å²) in [7, 11) is 0. The Kier molecular flexibility index (Phi) is 2.99. The number of carbonyl (C=O) groups excluding carboxylic acids is 1. The van der Waals surface area contributed by atoms with Crippen molar-refractivity contribution in [2.45, 2.75) is 51.0 Å². The van der Waals surface area contributed by atoms with E-state index >= 15 is 0 Å². The van der Waals surface area contributed by atoms with Crippen LogP contribution in [0.1, 0.15) is 44.9 Å². The van der Waals surface area contributed by atoms with Crippen molar-refractivity contribution >= 4 is 5.78 Å². The third kappa shape index (κ3) is 2.31. The zero-order valence-electron chi connectivity index (χ0n) is 8.30. The number of ketones is 1. The summed E-state index contributed by atoms with van der Waals surface area (Å²) in [5.41, 5.74) is 0. The van der Waals surface area contributed by atoms with Crippen molar-refractivity contribution in [2.24, 2.45) is 0 Å².